The first-order valence-corrected chi connectivity index (χ1v) is 12.9. The van der Waals surface area contributed by atoms with Gasteiger partial charge in [-0.25, -0.2) is 0 Å². The van der Waals surface area contributed by atoms with E-state index in [1.807, 2.05) is 60.8 Å². The smallest absolute Gasteiger partial charge is 0.121 e. The Balaban J connectivity index is 0.000000159. The molecule has 7 rings (SSSR count). The summed E-state index contributed by atoms with van der Waals surface area (Å²) in [7, 11) is 0. The maximum absolute atomic E-state index is 6.09. The SMILES string of the molecule is Cc1ccnc(-c2[c-]ccc3c2oc2cc(C)ccc23)c1.[Ir].[c-]1cc(-c2ccccc2)ccc1-c1ccccn1. The van der Waals surface area contributed by atoms with Gasteiger partial charge in [-0.05, 0) is 49.0 Å². The molecule has 40 heavy (non-hydrogen) atoms. The van der Waals surface area contributed by atoms with Crippen molar-refractivity contribution in [3.8, 4) is 33.6 Å². The second kappa shape index (κ2) is 12.2. The molecule has 197 valence electrons. The van der Waals surface area contributed by atoms with Crippen molar-refractivity contribution in [1.82, 2.24) is 9.97 Å². The molecule has 0 fully saturated rings. The minimum Gasteiger partial charge on any atom is -0.501 e. The summed E-state index contributed by atoms with van der Waals surface area (Å²) < 4.78 is 6.09. The Kier molecular flexibility index (Phi) is 8.31. The first-order chi connectivity index (χ1) is 19.2. The van der Waals surface area contributed by atoms with Crippen LogP contribution in [-0.4, -0.2) is 9.97 Å². The summed E-state index contributed by atoms with van der Waals surface area (Å²) in [5.41, 5.74) is 10.3. The van der Waals surface area contributed by atoms with Gasteiger partial charge in [0.25, 0.3) is 0 Å². The van der Waals surface area contributed by atoms with Crippen LogP contribution >= 0.6 is 0 Å². The number of aromatic nitrogens is 2. The summed E-state index contributed by atoms with van der Waals surface area (Å²) in [4.78, 5) is 8.78. The third kappa shape index (κ3) is 5.79. The van der Waals surface area contributed by atoms with Gasteiger partial charge in [0, 0.05) is 37.9 Å². The van der Waals surface area contributed by atoms with E-state index >= 15 is 0 Å². The molecule has 3 aromatic heterocycles. The second-order valence-corrected chi connectivity index (χ2v) is 9.49. The average molecular weight is 695 g/mol. The van der Waals surface area contributed by atoms with E-state index < -0.39 is 0 Å². The largest absolute Gasteiger partial charge is 0.501 e. The molecule has 0 aliphatic carbocycles. The summed E-state index contributed by atoms with van der Waals surface area (Å²) in [6.45, 7) is 4.13. The predicted molar refractivity (Wildman–Crippen MR) is 159 cm³/mol. The molecule has 0 unspecified atom stereocenters. The molecule has 4 heteroatoms. The fourth-order valence-electron chi connectivity index (χ4n) is 4.63. The molecule has 0 bridgehead atoms. The number of rotatable bonds is 3. The van der Waals surface area contributed by atoms with Crippen LogP contribution in [0.15, 0.2) is 126 Å². The molecule has 0 amide bonds. The van der Waals surface area contributed by atoms with E-state index in [-0.39, 0.29) is 20.1 Å². The summed E-state index contributed by atoms with van der Waals surface area (Å²) in [6, 6.07) is 43.3. The number of fused-ring (bicyclic) bond motifs is 3. The van der Waals surface area contributed by atoms with E-state index in [2.05, 4.69) is 90.5 Å². The molecular weight excluding hydrogens is 669 g/mol. The number of furan rings is 1. The topological polar surface area (TPSA) is 38.9 Å². The zero-order chi connectivity index (χ0) is 26.6. The normalized spacial score (nSPS) is 10.6. The van der Waals surface area contributed by atoms with Crippen molar-refractivity contribution in [2.75, 3.05) is 0 Å². The number of nitrogens with zero attached hydrogens (tertiary/aromatic N) is 2. The summed E-state index contributed by atoms with van der Waals surface area (Å²) in [5.74, 6) is 0. The molecule has 3 nitrogen and oxygen atoms in total. The second-order valence-electron chi connectivity index (χ2n) is 9.49. The summed E-state index contributed by atoms with van der Waals surface area (Å²) >= 11 is 0. The van der Waals surface area contributed by atoms with Crippen molar-refractivity contribution in [2.24, 2.45) is 0 Å². The number of hydrogen-bond donors (Lipinski definition) is 0. The standard InChI is InChI=1S/C19H14NO.C17H12N.Ir/c1-12-6-7-14-15-4-3-5-16(19(15)21-18(14)11-12)17-10-13(2)8-9-20-17;1-2-6-14(7-3-1)15-9-11-16(12-10-15)17-8-4-5-13-18-17;/h3-4,6-11H,1-2H3;1-11,13H;/q2*-1;. The van der Waals surface area contributed by atoms with Gasteiger partial charge in [0.1, 0.15) is 5.58 Å². The average Bonchev–Trinajstić information content (AvgIpc) is 3.36. The molecular formula is C36H26IrN2O-2. The van der Waals surface area contributed by atoms with E-state index in [0.717, 1.165) is 44.5 Å². The zero-order valence-corrected chi connectivity index (χ0v) is 24.6. The van der Waals surface area contributed by atoms with Crippen molar-refractivity contribution in [3.05, 3.63) is 145 Å². The molecule has 0 saturated heterocycles. The van der Waals surface area contributed by atoms with Gasteiger partial charge < -0.3 is 14.4 Å². The molecule has 0 atom stereocenters. The van der Waals surface area contributed by atoms with E-state index in [1.165, 1.54) is 22.3 Å². The zero-order valence-electron chi connectivity index (χ0n) is 22.2. The van der Waals surface area contributed by atoms with Gasteiger partial charge in [0.2, 0.25) is 0 Å². The van der Waals surface area contributed by atoms with Crippen molar-refractivity contribution in [2.45, 2.75) is 13.8 Å². The van der Waals surface area contributed by atoms with Gasteiger partial charge in [-0.3, -0.25) is 0 Å². The molecule has 7 aromatic rings. The van der Waals surface area contributed by atoms with Crippen LogP contribution < -0.4 is 0 Å². The van der Waals surface area contributed by atoms with Gasteiger partial charge >= 0.3 is 0 Å². The molecule has 0 aliphatic heterocycles. The van der Waals surface area contributed by atoms with E-state index in [0.29, 0.717) is 0 Å². The quantitative estimate of drug-likeness (QED) is 0.173. The molecule has 0 N–H and O–H groups in total. The molecule has 4 aromatic carbocycles. The van der Waals surface area contributed by atoms with Crippen LogP contribution in [-0.2, 0) is 20.1 Å². The Hall–Kier alpha value is -4.37. The van der Waals surface area contributed by atoms with Crippen molar-refractivity contribution in [1.29, 1.82) is 0 Å². The van der Waals surface area contributed by atoms with Crippen LogP contribution in [0, 0.1) is 26.0 Å². The number of pyridine rings is 2. The molecule has 0 saturated carbocycles. The number of hydrogen-bond acceptors (Lipinski definition) is 3. The van der Waals surface area contributed by atoms with Crippen LogP contribution in [0.5, 0.6) is 0 Å². The maximum Gasteiger partial charge on any atom is 0.121 e. The number of aryl methyl sites for hydroxylation is 2. The fourth-order valence-corrected chi connectivity index (χ4v) is 4.63. The first kappa shape index (κ1) is 27.2. The third-order valence-corrected chi connectivity index (χ3v) is 6.62. The molecule has 3 heterocycles. The van der Waals surface area contributed by atoms with Crippen molar-refractivity contribution >= 4 is 21.9 Å². The predicted octanol–water partition coefficient (Wildman–Crippen LogP) is 9.28. The van der Waals surface area contributed by atoms with E-state index in [4.69, 9.17) is 4.42 Å². The monoisotopic (exact) mass is 695 g/mol. The van der Waals surface area contributed by atoms with Crippen LogP contribution in [0.25, 0.3) is 55.6 Å². The van der Waals surface area contributed by atoms with Gasteiger partial charge in [-0.2, -0.15) is 0 Å². The van der Waals surface area contributed by atoms with Crippen LogP contribution in [0.2, 0.25) is 0 Å². The summed E-state index contributed by atoms with van der Waals surface area (Å²) in [5, 5.41) is 2.25. The fraction of sp³-hybridized carbons (Fsp3) is 0.0556. The Morgan fingerprint density at radius 2 is 1.43 bits per heavy atom. The Morgan fingerprint density at radius 3 is 2.17 bits per heavy atom. The Morgan fingerprint density at radius 1 is 0.625 bits per heavy atom. The maximum atomic E-state index is 6.09. The molecule has 0 aliphatic rings. The van der Waals surface area contributed by atoms with Crippen molar-refractivity contribution in [3.63, 3.8) is 0 Å². The van der Waals surface area contributed by atoms with Crippen LogP contribution in [0.3, 0.4) is 0 Å². The molecule has 1 radical (unpaired) electrons. The third-order valence-electron chi connectivity index (χ3n) is 6.62. The summed E-state index contributed by atoms with van der Waals surface area (Å²) in [6.07, 6.45) is 3.62. The first-order valence-electron chi connectivity index (χ1n) is 12.9. The van der Waals surface area contributed by atoms with Gasteiger partial charge in [-0.1, -0.05) is 88.3 Å². The van der Waals surface area contributed by atoms with E-state index in [9.17, 15) is 0 Å². The Labute approximate surface area is 247 Å². The van der Waals surface area contributed by atoms with Crippen molar-refractivity contribution < 1.29 is 24.5 Å². The minimum absolute atomic E-state index is 0. The number of benzene rings is 4. The Bertz CT molecular complexity index is 1800. The van der Waals surface area contributed by atoms with Gasteiger partial charge in [0.05, 0.1) is 5.58 Å². The van der Waals surface area contributed by atoms with Gasteiger partial charge in [0.15, 0.2) is 0 Å². The van der Waals surface area contributed by atoms with Crippen LogP contribution in [0.4, 0.5) is 0 Å². The van der Waals surface area contributed by atoms with Gasteiger partial charge in [-0.15, -0.1) is 48.0 Å². The molecule has 0 spiro atoms. The van der Waals surface area contributed by atoms with Crippen LogP contribution in [0.1, 0.15) is 11.1 Å². The minimum atomic E-state index is 0. The van der Waals surface area contributed by atoms with E-state index in [1.54, 1.807) is 6.20 Å².